The summed E-state index contributed by atoms with van der Waals surface area (Å²) < 4.78 is 1.92. The summed E-state index contributed by atoms with van der Waals surface area (Å²) in [5.41, 5.74) is 1.59. The molecule has 144 valence electrons. The third kappa shape index (κ3) is 4.30. The molecule has 0 bridgehead atoms. The summed E-state index contributed by atoms with van der Waals surface area (Å²) in [4.78, 5) is 32.6. The number of benzene rings is 1. The van der Waals surface area contributed by atoms with Crippen LogP contribution >= 0.6 is 0 Å². The quantitative estimate of drug-likeness (QED) is 0.848. The van der Waals surface area contributed by atoms with Crippen molar-refractivity contribution in [3.63, 3.8) is 0 Å². The first-order valence-electron chi connectivity index (χ1n) is 9.44. The lowest BCUT2D eigenvalue weighted by molar-refractivity contribution is -0.117. The molecule has 1 aromatic heterocycles. The van der Waals surface area contributed by atoms with Gasteiger partial charge in [-0.05, 0) is 44.0 Å². The van der Waals surface area contributed by atoms with Crippen molar-refractivity contribution in [3.8, 4) is 0 Å². The fourth-order valence-electron chi connectivity index (χ4n) is 3.38. The minimum absolute atomic E-state index is 0.154. The number of carbonyl (C=O) groups is 2. The predicted molar refractivity (Wildman–Crippen MR) is 106 cm³/mol. The van der Waals surface area contributed by atoms with Crippen molar-refractivity contribution in [2.75, 3.05) is 16.8 Å². The Morgan fingerprint density at radius 2 is 2.07 bits per heavy atom. The van der Waals surface area contributed by atoms with Gasteiger partial charge < -0.3 is 19.7 Å². The first kappa shape index (κ1) is 18.9. The summed E-state index contributed by atoms with van der Waals surface area (Å²) in [6.45, 7) is 5.21. The Morgan fingerprint density at radius 1 is 1.33 bits per heavy atom. The van der Waals surface area contributed by atoms with Crippen LogP contribution in [0.4, 0.5) is 16.2 Å². The standard InChI is InChI=1S/C20H27N5O2/c1-4-12-24(14-18-21-11-13-23(18)3)20(27)22-16-6-8-17(9-7-16)25-15(2)5-10-19(25)26/h6-9,11,13,15H,4-5,10,12,14H2,1-3H3,(H,22,27). The van der Waals surface area contributed by atoms with Crippen molar-refractivity contribution in [1.82, 2.24) is 14.5 Å². The van der Waals surface area contributed by atoms with Crippen LogP contribution in [-0.4, -0.2) is 39.0 Å². The molecule has 1 aliphatic rings. The zero-order valence-electron chi connectivity index (χ0n) is 16.2. The minimum Gasteiger partial charge on any atom is -0.337 e. The van der Waals surface area contributed by atoms with Crippen LogP contribution in [0.2, 0.25) is 0 Å². The van der Waals surface area contributed by atoms with Crippen molar-refractivity contribution in [1.29, 1.82) is 0 Å². The minimum atomic E-state index is -0.154. The maximum atomic E-state index is 12.7. The molecule has 1 aromatic carbocycles. The van der Waals surface area contributed by atoms with E-state index in [1.165, 1.54) is 0 Å². The number of hydrogen-bond acceptors (Lipinski definition) is 3. The number of amides is 3. The Bertz CT molecular complexity index is 799. The van der Waals surface area contributed by atoms with Crippen LogP contribution in [0.15, 0.2) is 36.7 Å². The van der Waals surface area contributed by atoms with Crippen molar-refractivity contribution >= 4 is 23.3 Å². The molecule has 0 saturated carbocycles. The van der Waals surface area contributed by atoms with Gasteiger partial charge in [0.1, 0.15) is 5.82 Å². The Morgan fingerprint density at radius 3 is 2.63 bits per heavy atom. The SMILES string of the molecule is CCCN(Cc1nccn1C)C(=O)Nc1ccc(N2C(=O)CCC2C)cc1. The third-order valence-electron chi connectivity index (χ3n) is 4.92. The van der Waals surface area contributed by atoms with E-state index >= 15 is 0 Å². The van der Waals surface area contributed by atoms with Crippen molar-refractivity contribution in [3.05, 3.63) is 42.5 Å². The van der Waals surface area contributed by atoms with Crippen LogP contribution in [0.3, 0.4) is 0 Å². The van der Waals surface area contributed by atoms with E-state index in [4.69, 9.17) is 0 Å². The number of aryl methyl sites for hydroxylation is 1. The molecular formula is C20H27N5O2. The lowest BCUT2D eigenvalue weighted by atomic mass is 10.2. The zero-order valence-corrected chi connectivity index (χ0v) is 16.2. The lowest BCUT2D eigenvalue weighted by Crippen LogP contribution is -2.36. The molecule has 1 N–H and O–H groups in total. The van der Waals surface area contributed by atoms with Crippen LogP contribution in [0.1, 0.15) is 38.9 Å². The maximum Gasteiger partial charge on any atom is 0.322 e. The molecule has 7 heteroatoms. The number of aromatic nitrogens is 2. The topological polar surface area (TPSA) is 70.5 Å². The van der Waals surface area contributed by atoms with E-state index in [1.807, 2.05) is 53.9 Å². The second-order valence-corrected chi connectivity index (χ2v) is 7.00. The van der Waals surface area contributed by atoms with E-state index < -0.39 is 0 Å². The molecule has 3 rings (SSSR count). The summed E-state index contributed by atoms with van der Waals surface area (Å²) >= 11 is 0. The van der Waals surface area contributed by atoms with Crippen LogP contribution < -0.4 is 10.2 Å². The Balaban J connectivity index is 1.66. The molecule has 7 nitrogen and oxygen atoms in total. The number of nitrogens with zero attached hydrogens (tertiary/aromatic N) is 4. The Labute approximate surface area is 160 Å². The summed E-state index contributed by atoms with van der Waals surface area (Å²) in [5.74, 6) is 0.999. The van der Waals surface area contributed by atoms with Gasteiger partial charge in [-0.1, -0.05) is 6.92 Å². The van der Waals surface area contributed by atoms with Gasteiger partial charge in [0.15, 0.2) is 0 Å². The summed E-state index contributed by atoms with van der Waals surface area (Å²) in [6.07, 6.45) is 5.95. The fourth-order valence-corrected chi connectivity index (χ4v) is 3.38. The van der Waals surface area contributed by atoms with E-state index in [2.05, 4.69) is 17.2 Å². The molecular weight excluding hydrogens is 342 g/mol. The van der Waals surface area contributed by atoms with Gasteiger partial charge in [-0.25, -0.2) is 9.78 Å². The monoisotopic (exact) mass is 369 g/mol. The van der Waals surface area contributed by atoms with Crippen molar-refractivity contribution < 1.29 is 9.59 Å². The molecule has 2 heterocycles. The number of nitrogens with one attached hydrogen (secondary N) is 1. The highest BCUT2D eigenvalue weighted by Gasteiger charge is 2.28. The van der Waals surface area contributed by atoms with Crippen LogP contribution in [-0.2, 0) is 18.4 Å². The summed E-state index contributed by atoms with van der Waals surface area (Å²) in [6, 6.07) is 7.53. The van der Waals surface area contributed by atoms with Gasteiger partial charge >= 0.3 is 6.03 Å². The number of rotatable bonds is 6. The molecule has 1 unspecified atom stereocenters. The number of hydrogen-bond donors (Lipinski definition) is 1. The second-order valence-electron chi connectivity index (χ2n) is 7.00. The Kier molecular flexibility index (Phi) is 5.78. The van der Waals surface area contributed by atoms with Gasteiger partial charge in [-0.15, -0.1) is 0 Å². The molecule has 0 radical (unpaired) electrons. The molecule has 0 spiro atoms. The number of imidazole rings is 1. The van der Waals surface area contributed by atoms with E-state index in [0.717, 1.165) is 24.4 Å². The van der Waals surface area contributed by atoms with E-state index in [9.17, 15) is 9.59 Å². The predicted octanol–water partition coefficient (Wildman–Crippen LogP) is 3.38. The molecule has 0 aliphatic carbocycles. The highest BCUT2D eigenvalue weighted by Crippen LogP contribution is 2.27. The zero-order chi connectivity index (χ0) is 19.4. The molecule has 1 saturated heterocycles. The van der Waals surface area contributed by atoms with E-state index in [0.29, 0.717) is 25.2 Å². The smallest absolute Gasteiger partial charge is 0.322 e. The van der Waals surface area contributed by atoms with E-state index in [-0.39, 0.29) is 18.0 Å². The average molecular weight is 369 g/mol. The molecule has 3 amide bonds. The number of urea groups is 1. The molecule has 2 aromatic rings. The van der Waals surface area contributed by atoms with Crippen LogP contribution in [0.5, 0.6) is 0 Å². The second kappa shape index (κ2) is 8.24. The molecule has 27 heavy (non-hydrogen) atoms. The highest BCUT2D eigenvalue weighted by atomic mass is 16.2. The normalized spacial score (nSPS) is 16.6. The third-order valence-corrected chi connectivity index (χ3v) is 4.92. The first-order valence-corrected chi connectivity index (χ1v) is 9.44. The van der Waals surface area contributed by atoms with Crippen molar-refractivity contribution in [2.24, 2.45) is 7.05 Å². The summed E-state index contributed by atoms with van der Waals surface area (Å²) in [5, 5.41) is 2.95. The largest absolute Gasteiger partial charge is 0.337 e. The van der Waals surface area contributed by atoms with Gasteiger partial charge in [0.2, 0.25) is 5.91 Å². The molecule has 1 atom stereocenters. The Hall–Kier alpha value is -2.83. The highest BCUT2D eigenvalue weighted by molar-refractivity contribution is 5.96. The van der Waals surface area contributed by atoms with Crippen molar-refractivity contribution in [2.45, 2.75) is 45.7 Å². The van der Waals surface area contributed by atoms with Gasteiger partial charge in [-0.3, -0.25) is 4.79 Å². The van der Waals surface area contributed by atoms with Gasteiger partial charge in [0.25, 0.3) is 0 Å². The maximum absolute atomic E-state index is 12.7. The first-order chi connectivity index (χ1) is 13.0. The average Bonchev–Trinajstić information content (AvgIpc) is 3.20. The summed E-state index contributed by atoms with van der Waals surface area (Å²) in [7, 11) is 1.92. The lowest BCUT2D eigenvalue weighted by Gasteiger charge is -2.23. The van der Waals surface area contributed by atoms with Crippen LogP contribution in [0, 0.1) is 0 Å². The van der Waals surface area contributed by atoms with Gasteiger partial charge in [-0.2, -0.15) is 0 Å². The van der Waals surface area contributed by atoms with Crippen LogP contribution in [0.25, 0.3) is 0 Å². The fraction of sp³-hybridized carbons (Fsp3) is 0.450. The molecule has 1 aliphatic heterocycles. The van der Waals surface area contributed by atoms with Gasteiger partial charge in [0, 0.05) is 49.8 Å². The number of anilines is 2. The van der Waals surface area contributed by atoms with E-state index in [1.54, 1.807) is 11.1 Å². The van der Waals surface area contributed by atoms with Gasteiger partial charge in [0.05, 0.1) is 6.54 Å². The number of carbonyl (C=O) groups excluding carboxylic acids is 2. The molecule has 1 fully saturated rings.